The largest absolute Gasteiger partial charge is 0.508 e. The zero-order chi connectivity index (χ0) is 24.2. The van der Waals surface area contributed by atoms with Crippen LogP contribution in [0, 0.1) is 0 Å². The van der Waals surface area contributed by atoms with Crippen molar-refractivity contribution in [2.45, 2.75) is 12.3 Å². The van der Waals surface area contributed by atoms with Crippen LogP contribution in [0.1, 0.15) is 44.2 Å². The van der Waals surface area contributed by atoms with Crippen LogP contribution in [0.15, 0.2) is 48.4 Å². The molecule has 2 heterocycles. The van der Waals surface area contributed by atoms with Crippen molar-refractivity contribution in [2.24, 2.45) is 0 Å². The van der Waals surface area contributed by atoms with Crippen LogP contribution in [0.2, 0.25) is 0 Å². The van der Waals surface area contributed by atoms with Crippen LogP contribution in [0.4, 0.5) is 0 Å². The zero-order valence-corrected chi connectivity index (χ0v) is 18.9. The van der Waals surface area contributed by atoms with E-state index in [1.165, 1.54) is 26.4 Å². The molecule has 178 valence electrons. The minimum absolute atomic E-state index is 0.113. The second-order valence-corrected chi connectivity index (χ2v) is 7.89. The van der Waals surface area contributed by atoms with Gasteiger partial charge in [-0.25, -0.2) is 4.79 Å². The number of esters is 2. The monoisotopic (exact) mass is 467 g/mol. The lowest BCUT2D eigenvalue weighted by Gasteiger charge is -2.25. The molecule has 2 aliphatic rings. The van der Waals surface area contributed by atoms with Crippen LogP contribution in [0.25, 0.3) is 0 Å². The molecule has 0 spiro atoms. The minimum atomic E-state index is -0.690. The van der Waals surface area contributed by atoms with E-state index in [1.54, 1.807) is 30.5 Å². The molecule has 0 aromatic heterocycles. The van der Waals surface area contributed by atoms with E-state index in [4.69, 9.17) is 18.9 Å². The Morgan fingerprint density at radius 3 is 2.44 bits per heavy atom. The predicted octanol–water partition coefficient (Wildman–Crippen LogP) is 2.62. The molecule has 9 nitrogen and oxygen atoms in total. The second kappa shape index (κ2) is 9.96. The van der Waals surface area contributed by atoms with Crippen LogP contribution >= 0.6 is 0 Å². The SMILES string of the molecule is COC(=O)C[C@@H](c1ccc(C(=O)OC)cc1)c1c(O)ccc2c1O/C(=C\N1CCOCC1)C2=O. The lowest BCUT2D eigenvalue weighted by Crippen LogP contribution is -2.32. The molecule has 2 aromatic rings. The van der Waals surface area contributed by atoms with E-state index in [-0.39, 0.29) is 29.5 Å². The normalized spacial score (nSPS) is 17.2. The number of hydrogen-bond acceptors (Lipinski definition) is 9. The minimum Gasteiger partial charge on any atom is -0.508 e. The Morgan fingerprint density at radius 1 is 1.09 bits per heavy atom. The Labute approximate surface area is 196 Å². The van der Waals surface area contributed by atoms with E-state index >= 15 is 0 Å². The van der Waals surface area contributed by atoms with E-state index in [0.717, 1.165) is 0 Å². The molecule has 9 heteroatoms. The molecule has 1 fully saturated rings. The number of phenols is 1. The summed E-state index contributed by atoms with van der Waals surface area (Å²) in [6, 6.07) is 9.40. The number of ketones is 1. The van der Waals surface area contributed by atoms with Crippen molar-refractivity contribution in [1.29, 1.82) is 0 Å². The third-order valence-corrected chi connectivity index (χ3v) is 5.88. The fraction of sp³-hybridized carbons (Fsp3) is 0.320. The van der Waals surface area contributed by atoms with E-state index in [9.17, 15) is 19.5 Å². The van der Waals surface area contributed by atoms with Crippen molar-refractivity contribution in [1.82, 2.24) is 4.90 Å². The van der Waals surface area contributed by atoms with Crippen molar-refractivity contribution in [3.8, 4) is 11.5 Å². The molecule has 2 aliphatic heterocycles. The number of phenolic OH excluding ortho intramolecular Hbond substituents is 1. The van der Waals surface area contributed by atoms with Gasteiger partial charge in [-0.2, -0.15) is 0 Å². The summed E-state index contributed by atoms with van der Waals surface area (Å²) in [5.74, 6) is -1.77. The van der Waals surface area contributed by atoms with Gasteiger partial charge in [-0.05, 0) is 29.8 Å². The maximum atomic E-state index is 13.0. The van der Waals surface area contributed by atoms with Crippen molar-refractivity contribution >= 4 is 17.7 Å². The topological polar surface area (TPSA) is 112 Å². The summed E-state index contributed by atoms with van der Waals surface area (Å²) in [6.45, 7) is 2.37. The summed E-state index contributed by atoms with van der Waals surface area (Å²) < 4.78 is 20.9. The average molecular weight is 467 g/mol. The first kappa shape index (κ1) is 23.3. The zero-order valence-electron chi connectivity index (χ0n) is 18.9. The number of hydrogen-bond donors (Lipinski definition) is 1. The predicted molar refractivity (Wildman–Crippen MR) is 120 cm³/mol. The van der Waals surface area contributed by atoms with Gasteiger partial charge in [0, 0.05) is 30.8 Å². The Balaban J connectivity index is 1.75. The maximum Gasteiger partial charge on any atom is 0.337 e. The number of carbonyl (C=O) groups is 3. The Kier molecular flexibility index (Phi) is 6.83. The number of aromatic hydroxyl groups is 1. The molecule has 34 heavy (non-hydrogen) atoms. The molecule has 0 amide bonds. The number of Topliss-reactive ketones (excluding diaryl/α,β-unsaturated/α-hetero) is 1. The molecule has 1 N–H and O–H groups in total. The summed E-state index contributed by atoms with van der Waals surface area (Å²) in [7, 11) is 2.57. The molecule has 0 unspecified atom stereocenters. The molecule has 0 radical (unpaired) electrons. The standard InChI is InChI=1S/C25H25NO8/c1-31-21(28)13-18(15-3-5-16(6-4-15)25(30)32-2)22-19(27)8-7-17-23(29)20(34-24(17)22)14-26-9-11-33-12-10-26/h3-8,14,18,27H,9-13H2,1-2H3/b20-14-/t18-/m0/s1. The number of ether oxygens (including phenoxy) is 4. The molecular weight excluding hydrogens is 442 g/mol. The van der Waals surface area contributed by atoms with Gasteiger partial charge in [0.05, 0.1) is 45.0 Å². The number of morpholine rings is 1. The lowest BCUT2D eigenvalue weighted by molar-refractivity contribution is -0.140. The van der Waals surface area contributed by atoms with Crippen LogP contribution in [0.3, 0.4) is 0 Å². The van der Waals surface area contributed by atoms with E-state index in [2.05, 4.69) is 0 Å². The first-order chi connectivity index (χ1) is 16.4. The number of fused-ring (bicyclic) bond motifs is 1. The van der Waals surface area contributed by atoms with Gasteiger partial charge < -0.3 is 29.0 Å². The molecule has 0 bridgehead atoms. The summed E-state index contributed by atoms with van der Waals surface area (Å²) in [4.78, 5) is 39.1. The highest BCUT2D eigenvalue weighted by molar-refractivity contribution is 6.12. The smallest absolute Gasteiger partial charge is 0.337 e. The van der Waals surface area contributed by atoms with Gasteiger partial charge in [0.25, 0.3) is 0 Å². The van der Waals surface area contributed by atoms with Crippen molar-refractivity contribution in [3.63, 3.8) is 0 Å². The summed E-state index contributed by atoms with van der Waals surface area (Å²) >= 11 is 0. The molecule has 1 atom stereocenters. The molecule has 2 aromatic carbocycles. The van der Waals surface area contributed by atoms with Gasteiger partial charge in [-0.3, -0.25) is 9.59 Å². The van der Waals surface area contributed by atoms with Crippen LogP contribution in [0.5, 0.6) is 11.5 Å². The van der Waals surface area contributed by atoms with Gasteiger partial charge in [-0.15, -0.1) is 0 Å². The van der Waals surface area contributed by atoms with Crippen molar-refractivity contribution in [2.75, 3.05) is 40.5 Å². The maximum absolute atomic E-state index is 13.0. The average Bonchev–Trinajstić information content (AvgIpc) is 3.17. The number of allylic oxidation sites excluding steroid dienone is 1. The van der Waals surface area contributed by atoms with E-state index < -0.39 is 17.9 Å². The molecule has 4 rings (SSSR count). The van der Waals surface area contributed by atoms with Crippen LogP contribution < -0.4 is 4.74 Å². The first-order valence-corrected chi connectivity index (χ1v) is 10.8. The highest BCUT2D eigenvalue weighted by Crippen LogP contribution is 2.46. The first-order valence-electron chi connectivity index (χ1n) is 10.8. The van der Waals surface area contributed by atoms with Crippen molar-refractivity contribution < 1.29 is 38.4 Å². The highest BCUT2D eigenvalue weighted by atomic mass is 16.5. The number of rotatable bonds is 6. The number of carbonyl (C=O) groups excluding carboxylic acids is 3. The lowest BCUT2D eigenvalue weighted by atomic mass is 9.85. The second-order valence-electron chi connectivity index (χ2n) is 7.89. The van der Waals surface area contributed by atoms with Gasteiger partial charge >= 0.3 is 11.9 Å². The summed E-state index contributed by atoms with van der Waals surface area (Å²) in [5.41, 5.74) is 1.57. The fourth-order valence-corrected chi connectivity index (χ4v) is 4.07. The number of nitrogens with zero attached hydrogens (tertiary/aromatic N) is 1. The fourth-order valence-electron chi connectivity index (χ4n) is 4.07. The third-order valence-electron chi connectivity index (χ3n) is 5.88. The number of methoxy groups -OCH3 is 2. The van der Waals surface area contributed by atoms with Gasteiger partial charge in [0.1, 0.15) is 11.5 Å². The summed E-state index contributed by atoms with van der Waals surface area (Å²) in [6.07, 6.45) is 1.55. The molecule has 1 saturated heterocycles. The van der Waals surface area contributed by atoms with Crippen LogP contribution in [-0.4, -0.2) is 68.3 Å². The number of benzene rings is 2. The van der Waals surface area contributed by atoms with Crippen LogP contribution in [-0.2, 0) is 19.0 Å². The highest BCUT2D eigenvalue weighted by Gasteiger charge is 2.35. The van der Waals surface area contributed by atoms with Crippen molar-refractivity contribution in [3.05, 3.63) is 70.6 Å². The summed E-state index contributed by atoms with van der Waals surface area (Å²) in [5, 5.41) is 10.8. The molecule has 0 aliphatic carbocycles. The molecular formula is C25H25NO8. The Morgan fingerprint density at radius 2 is 1.79 bits per heavy atom. The van der Waals surface area contributed by atoms with Gasteiger partial charge in [0.15, 0.2) is 5.76 Å². The third kappa shape index (κ3) is 4.60. The quantitative estimate of drug-likeness (QED) is 0.506. The van der Waals surface area contributed by atoms with E-state index in [1.807, 2.05) is 4.90 Å². The molecule has 0 saturated carbocycles. The Hall–Kier alpha value is -3.85. The van der Waals surface area contributed by atoms with Gasteiger partial charge in [-0.1, -0.05) is 12.1 Å². The van der Waals surface area contributed by atoms with Gasteiger partial charge in [0.2, 0.25) is 5.78 Å². The Bertz CT molecular complexity index is 1130. The van der Waals surface area contributed by atoms with E-state index in [0.29, 0.717) is 48.6 Å².